The van der Waals surface area contributed by atoms with Crippen LogP contribution in [0.3, 0.4) is 0 Å². The van der Waals surface area contributed by atoms with Crippen LogP contribution in [0.5, 0.6) is 0 Å². The highest BCUT2D eigenvalue weighted by molar-refractivity contribution is 6.42. The third-order valence-electron chi connectivity index (χ3n) is 11.0. The second kappa shape index (κ2) is 19.6. The topological polar surface area (TPSA) is 12.5 Å². The van der Waals surface area contributed by atoms with Crippen molar-refractivity contribution >= 4 is 69.2 Å². The Bertz CT molecular complexity index is 1510. The van der Waals surface area contributed by atoms with Gasteiger partial charge < -0.3 is 9.80 Å². The van der Waals surface area contributed by atoms with Gasteiger partial charge in [-0.05, 0) is 65.5 Å². The summed E-state index contributed by atoms with van der Waals surface area (Å²) >= 11 is 26.6. The van der Waals surface area contributed by atoms with Crippen LogP contribution in [0, 0.1) is 0 Å². The fourth-order valence-electron chi connectivity index (χ4n) is 7.67. The number of hydrogen-bond acceptors (Lipinski definition) is 2. The largest absolute Gasteiger partial charge is 0.377 e. The summed E-state index contributed by atoms with van der Waals surface area (Å²) in [5.41, 5.74) is 6.96. The SMILES string of the molecule is CCCCN(C=CC1=[N+](CCCC[N+]2=C(C=CN(CCCC)CCCC)C(C)(C)c3cc(Cl)c(Cl)cc32)c2cc(Cl)c(Cl)cc2C1(C)C)CCCC. The minimum atomic E-state index is -0.206. The zero-order valence-corrected chi connectivity index (χ0v) is 36.3. The molecule has 0 unspecified atom stereocenters. The maximum Gasteiger partial charge on any atom is 0.211 e. The molecule has 286 valence electrons. The molecule has 52 heavy (non-hydrogen) atoms. The lowest BCUT2D eigenvalue weighted by Gasteiger charge is -2.21. The van der Waals surface area contributed by atoms with Crippen LogP contribution in [0.25, 0.3) is 0 Å². The van der Waals surface area contributed by atoms with E-state index in [4.69, 9.17) is 46.4 Å². The fraction of sp³-hybridized carbons (Fsp3) is 0.591. The number of unbranched alkanes of at least 4 members (excludes halogenated alkanes) is 5. The van der Waals surface area contributed by atoms with Crippen LogP contribution in [0.4, 0.5) is 11.4 Å². The summed E-state index contributed by atoms with van der Waals surface area (Å²) in [6.07, 6.45) is 20.9. The zero-order chi connectivity index (χ0) is 38.1. The number of hydrogen-bond donors (Lipinski definition) is 0. The van der Waals surface area contributed by atoms with E-state index < -0.39 is 0 Å². The second-order valence-corrected chi connectivity index (χ2v) is 17.3. The number of rotatable bonds is 21. The van der Waals surface area contributed by atoms with Crippen molar-refractivity contribution in [2.24, 2.45) is 0 Å². The Morgan fingerprint density at radius 1 is 0.500 bits per heavy atom. The molecule has 4 nitrogen and oxygen atoms in total. The van der Waals surface area contributed by atoms with Crippen molar-refractivity contribution in [3.8, 4) is 0 Å². The van der Waals surface area contributed by atoms with Gasteiger partial charge in [0.2, 0.25) is 11.4 Å². The molecule has 0 aromatic heterocycles. The van der Waals surface area contributed by atoms with E-state index in [0.717, 1.165) is 63.5 Å². The Labute approximate surface area is 336 Å². The van der Waals surface area contributed by atoms with Crippen molar-refractivity contribution in [1.29, 1.82) is 0 Å². The fourth-order valence-corrected chi connectivity index (χ4v) is 8.31. The number of fused-ring (bicyclic) bond motifs is 2. The molecule has 0 spiro atoms. The van der Waals surface area contributed by atoms with Gasteiger partial charge in [-0.25, -0.2) is 0 Å². The molecule has 2 aliphatic heterocycles. The Balaban J connectivity index is 1.67. The van der Waals surface area contributed by atoms with Gasteiger partial charge in [-0.15, -0.1) is 0 Å². The van der Waals surface area contributed by atoms with Gasteiger partial charge >= 0.3 is 0 Å². The van der Waals surface area contributed by atoms with Crippen molar-refractivity contribution < 1.29 is 9.15 Å². The van der Waals surface area contributed by atoms with Gasteiger partial charge in [-0.2, -0.15) is 9.15 Å². The van der Waals surface area contributed by atoms with E-state index in [1.165, 1.54) is 73.9 Å². The summed E-state index contributed by atoms with van der Waals surface area (Å²) in [6.45, 7) is 24.4. The molecule has 2 heterocycles. The highest BCUT2D eigenvalue weighted by Crippen LogP contribution is 2.45. The quantitative estimate of drug-likeness (QED) is 0.0922. The van der Waals surface area contributed by atoms with Gasteiger partial charge in [0.15, 0.2) is 11.4 Å². The van der Waals surface area contributed by atoms with E-state index in [9.17, 15) is 0 Å². The molecule has 4 rings (SSSR count). The van der Waals surface area contributed by atoms with Crippen LogP contribution >= 0.6 is 46.4 Å². The summed E-state index contributed by atoms with van der Waals surface area (Å²) in [5, 5.41) is 2.42. The van der Waals surface area contributed by atoms with Crippen molar-refractivity contribution in [2.75, 3.05) is 39.3 Å². The maximum atomic E-state index is 6.68. The molecular formula is C44H64Cl4N4+2. The molecular weight excluding hydrogens is 726 g/mol. The number of allylic oxidation sites excluding steroid dienone is 2. The van der Waals surface area contributed by atoms with Crippen LogP contribution in [-0.4, -0.2) is 69.6 Å². The summed E-state index contributed by atoms with van der Waals surface area (Å²) in [6, 6.07) is 8.29. The van der Waals surface area contributed by atoms with Crippen molar-refractivity contribution in [1.82, 2.24) is 9.80 Å². The van der Waals surface area contributed by atoms with E-state index in [1.54, 1.807) is 0 Å². The summed E-state index contributed by atoms with van der Waals surface area (Å²) in [5.74, 6) is 0. The van der Waals surface area contributed by atoms with Crippen molar-refractivity contribution in [3.05, 3.63) is 80.0 Å². The number of benzene rings is 2. The monoisotopic (exact) mass is 788 g/mol. The second-order valence-electron chi connectivity index (χ2n) is 15.7. The van der Waals surface area contributed by atoms with Crippen LogP contribution in [0.15, 0.2) is 48.8 Å². The number of nitrogens with zero attached hydrogens (tertiary/aromatic N) is 4. The van der Waals surface area contributed by atoms with Gasteiger partial charge in [0.05, 0.1) is 30.9 Å². The molecule has 2 aromatic rings. The Morgan fingerprint density at radius 3 is 1.12 bits per heavy atom. The lowest BCUT2D eigenvalue weighted by atomic mass is 9.81. The highest BCUT2D eigenvalue weighted by Gasteiger charge is 2.46. The van der Waals surface area contributed by atoms with Gasteiger partial charge in [-0.1, -0.05) is 99.8 Å². The number of halogens is 4. The van der Waals surface area contributed by atoms with E-state index in [1.807, 2.05) is 0 Å². The maximum absolute atomic E-state index is 6.68. The molecule has 0 radical (unpaired) electrons. The van der Waals surface area contributed by atoms with E-state index in [2.05, 4.69) is 123 Å². The first kappa shape index (κ1) is 42.8. The molecule has 0 saturated heterocycles. The van der Waals surface area contributed by atoms with Crippen LogP contribution in [0.1, 0.15) is 131 Å². The third kappa shape index (κ3) is 10.0. The van der Waals surface area contributed by atoms with Crippen LogP contribution in [-0.2, 0) is 10.8 Å². The first-order valence-electron chi connectivity index (χ1n) is 19.9. The summed E-state index contributed by atoms with van der Waals surface area (Å²) in [4.78, 5) is 5.00. The Kier molecular flexibility index (Phi) is 16.1. The molecule has 0 amide bonds. The van der Waals surface area contributed by atoms with Crippen LogP contribution in [0.2, 0.25) is 20.1 Å². The van der Waals surface area contributed by atoms with Crippen molar-refractivity contribution in [3.63, 3.8) is 0 Å². The molecule has 8 heteroatoms. The predicted octanol–water partition coefficient (Wildman–Crippen LogP) is 13.4. The normalized spacial score (nSPS) is 16.2. The van der Waals surface area contributed by atoms with E-state index in [-0.39, 0.29) is 10.8 Å². The minimum absolute atomic E-state index is 0.206. The third-order valence-corrected chi connectivity index (χ3v) is 12.4. The minimum Gasteiger partial charge on any atom is -0.377 e. The van der Waals surface area contributed by atoms with Gasteiger partial charge in [0.1, 0.15) is 13.1 Å². The molecule has 0 saturated carbocycles. The average molecular weight is 791 g/mol. The molecule has 0 atom stereocenters. The molecule has 2 aromatic carbocycles. The Morgan fingerprint density at radius 2 is 0.808 bits per heavy atom. The molecule has 2 aliphatic rings. The van der Waals surface area contributed by atoms with Crippen LogP contribution < -0.4 is 0 Å². The first-order valence-corrected chi connectivity index (χ1v) is 21.5. The van der Waals surface area contributed by atoms with Gasteiger partial charge in [0.25, 0.3) is 0 Å². The van der Waals surface area contributed by atoms with Gasteiger partial charge in [-0.3, -0.25) is 0 Å². The summed E-state index contributed by atoms with van der Waals surface area (Å²) in [7, 11) is 0. The average Bonchev–Trinajstić information content (AvgIpc) is 3.43. The standard InChI is InChI=1S/C44H64Cl4N4/c1-9-13-21-49(22-14-10-2)27-19-41-43(5,6)33-29-35(45)37(47)31-39(33)51(41)25-17-18-26-52-40-32-38(48)36(46)30-34(40)44(7,8)42(52)20-28-50(23-15-11-3)24-16-12-4/h19-20,27-32H,9-18,21-26H2,1-8H3/q+2. The lowest BCUT2D eigenvalue weighted by Crippen LogP contribution is -2.30. The van der Waals surface area contributed by atoms with Crippen molar-refractivity contribution in [2.45, 2.75) is 130 Å². The summed E-state index contributed by atoms with van der Waals surface area (Å²) < 4.78 is 4.99. The molecule has 0 bridgehead atoms. The van der Waals surface area contributed by atoms with E-state index in [0.29, 0.717) is 20.1 Å². The smallest absolute Gasteiger partial charge is 0.211 e. The van der Waals surface area contributed by atoms with E-state index >= 15 is 0 Å². The van der Waals surface area contributed by atoms with Gasteiger partial charge in [0, 0.05) is 86.8 Å². The molecule has 0 fully saturated rings. The molecule has 0 aliphatic carbocycles. The lowest BCUT2D eigenvalue weighted by molar-refractivity contribution is -0.451. The predicted molar refractivity (Wildman–Crippen MR) is 229 cm³/mol. The molecule has 0 N–H and O–H groups in total. The first-order chi connectivity index (χ1) is 24.8. The Hall–Kier alpha value is -1.98. The zero-order valence-electron chi connectivity index (χ0n) is 33.2. The highest BCUT2D eigenvalue weighted by atomic mass is 35.5.